The first kappa shape index (κ1) is 8.63. The third-order valence-electron chi connectivity index (χ3n) is 2.49. The summed E-state index contributed by atoms with van der Waals surface area (Å²) in [6.45, 7) is 2.03. The number of hydrogen-bond acceptors (Lipinski definition) is 2. The van der Waals surface area contributed by atoms with Crippen LogP contribution in [0.5, 0.6) is 0 Å². The molecule has 1 atom stereocenters. The van der Waals surface area contributed by atoms with Crippen molar-refractivity contribution in [2.24, 2.45) is 0 Å². The summed E-state index contributed by atoms with van der Waals surface area (Å²) in [5.41, 5.74) is 1.02. The lowest BCUT2D eigenvalue weighted by Crippen LogP contribution is -2.28. The molecule has 0 bridgehead atoms. The zero-order chi connectivity index (χ0) is 9.10. The Bertz CT molecular complexity index is 282. The third-order valence-corrected chi connectivity index (χ3v) is 2.49. The highest BCUT2D eigenvalue weighted by molar-refractivity contribution is 5.16. The van der Waals surface area contributed by atoms with E-state index in [0.717, 1.165) is 25.1 Å². The first-order valence-electron chi connectivity index (χ1n) is 4.67. The minimum atomic E-state index is -0.233. The second-order valence-corrected chi connectivity index (χ2v) is 3.48. The van der Waals surface area contributed by atoms with Crippen molar-refractivity contribution in [2.45, 2.75) is 18.8 Å². The van der Waals surface area contributed by atoms with E-state index in [1.54, 1.807) is 12.3 Å². The predicted molar refractivity (Wildman–Crippen MR) is 49.0 cm³/mol. The highest BCUT2D eigenvalue weighted by atomic mass is 19.1. The van der Waals surface area contributed by atoms with E-state index in [4.69, 9.17) is 0 Å². The molecule has 0 amide bonds. The van der Waals surface area contributed by atoms with Crippen molar-refractivity contribution in [3.63, 3.8) is 0 Å². The summed E-state index contributed by atoms with van der Waals surface area (Å²) in [6, 6.07) is 1.59. The Hall–Kier alpha value is -0.960. The Morgan fingerprint density at radius 1 is 1.46 bits per heavy atom. The molecule has 13 heavy (non-hydrogen) atoms. The van der Waals surface area contributed by atoms with Gasteiger partial charge in [-0.2, -0.15) is 0 Å². The molecule has 1 saturated heterocycles. The van der Waals surface area contributed by atoms with Gasteiger partial charge in [-0.05, 0) is 36.9 Å². The van der Waals surface area contributed by atoms with Crippen LogP contribution in [-0.2, 0) is 0 Å². The molecule has 0 spiro atoms. The van der Waals surface area contributed by atoms with Gasteiger partial charge in [-0.3, -0.25) is 4.98 Å². The maximum atomic E-state index is 12.8. The predicted octanol–water partition coefficient (Wildman–Crippen LogP) is 1.69. The Kier molecular flexibility index (Phi) is 2.54. The van der Waals surface area contributed by atoms with Gasteiger partial charge in [0.15, 0.2) is 0 Å². The van der Waals surface area contributed by atoms with Crippen molar-refractivity contribution in [3.05, 3.63) is 29.8 Å². The molecule has 0 aromatic carbocycles. The van der Waals surface area contributed by atoms with Gasteiger partial charge in [-0.15, -0.1) is 0 Å². The molecule has 3 heteroatoms. The molecule has 2 heterocycles. The number of piperidine rings is 1. The van der Waals surface area contributed by atoms with Gasteiger partial charge < -0.3 is 5.32 Å². The molecular formula is C10H13FN2. The van der Waals surface area contributed by atoms with Crippen LogP contribution in [0.1, 0.15) is 24.3 Å². The van der Waals surface area contributed by atoms with Crippen molar-refractivity contribution >= 4 is 0 Å². The maximum Gasteiger partial charge on any atom is 0.141 e. The van der Waals surface area contributed by atoms with E-state index in [9.17, 15) is 4.39 Å². The number of nitrogens with zero attached hydrogens (tertiary/aromatic N) is 1. The summed E-state index contributed by atoms with van der Waals surface area (Å²) in [6.07, 6.45) is 5.32. The molecule has 1 aliphatic rings. The van der Waals surface area contributed by atoms with Crippen molar-refractivity contribution in [3.8, 4) is 0 Å². The summed E-state index contributed by atoms with van der Waals surface area (Å²) in [5.74, 6) is 0.208. The van der Waals surface area contributed by atoms with E-state index in [-0.39, 0.29) is 5.82 Å². The molecule has 1 aromatic heterocycles. The highest BCUT2D eigenvalue weighted by Gasteiger charge is 2.15. The topological polar surface area (TPSA) is 24.9 Å². The molecule has 2 rings (SSSR count). The van der Waals surface area contributed by atoms with Gasteiger partial charge in [0, 0.05) is 12.7 Å². The first-order chi connectivity index (χ1) is 6.36. The summed E-state index contributed by atoms with van der Waals surface area (Å²) in [5, 5.41) is 3.30. The number of aromatic nitrogens is 1. The minimum Gasteiger partial charge on any atom is -0.316 e. The average molecular weight is 180 g/mol. The monoisotopic (exact) mass is 180 g/mol. The molecule has 70 valence electrons. The molecule has 2 nitrogen and oxygen atoms in total. The fraction of sp³-hybridized carbons (Fsp3) is 0.500. The Balaban J connectivity index is 2.14. The van der Waals surface area contributed by atoms with Crippen LogP contribution in [0.15, 0.2) is 18.5 Å². The first-order valence-corrected chi connectivity index (χ1v) is 4.67. The number of nitrogens with one attached hydrogen (secondary N) is 1. The van der Waals surface area contributed by atoms with Crippen LogP contribution in [0.4, 0.5) is 4.39 Å². The van der Waals surface area contributed by atoms with E-state index in [1.165, 1.54) is 12.6 Å². The maximum absolute atomic E-state index is 12.8. The minimum absolute atomic E-state index is 0.233. The van der Waals surface area contributed by atoms with E-state index in [1.807, 2.05) is 0 Å². The molecule has 0 aliphatic carbocycles. The smallest absolute Gasteiger partial charge is 0.141 e. The van der Waals surface area contributed by atoms with Crippen LogP contribution in [0.3, 0.4) is 0 Å². The quantitative estimate of drug-likeness (QED) is 0.711. The van der Waals surface area contributed by atoms with Crippen molar-refractivity contribution in [1.82, 2.24) is 10.3 Å². The highest BCUT2D eigenvalue weighted by Crippen LogP contribution is 2.22. The summed E-state index contributed by atoms with van der Waals surface area (Å²) in [4.78, 5) is 3.86. The van der Waals surface area contributed by atoms with Gasteiger partial charge in [0.25, 0.3) is 0 Å². The molecule has 1 aromatic rings. The molecule has 1 fully saturated rings. The van der Waals surface area contributed by atoms with Crippen LogP contribution >= 0.6 is 0 Å². The van der Waals surface area contributed by atoms with Crippen molar-refractivity contribution < 1.29 is 4.39 Å². The van der Waals surface area contributed by atoms with Crippen LogP contribution in [0.2, 0.25) is 0 Å². The molecular weight excluding hydrogens is 167 g/mol. The fourth-order valence-corrected chi connectivity index (χ4v) is 1.79. The Morgan fingerprint density at radius 3 is 3.08 bits per heavy atom. The number of halogens is 1. The van der Waals surface area contributed by atoms with Crippen molar-refractivity contribution in [1.29, 1.82) is 0 Å². The Labute approximate surface area is 77.2 Å². The lowest BCUT2D eigenvalue weighted by molar-refractivity contribution is 0.458. The van der Waals surface area contributed by atoms with Crippen LogP contribution in [0, 0.1) is 5.82 Å². The number of pyridine rings is 1. The molecule has 0 radical (unpaired) electrons. The summed E-state index contributed by atoms with van der Waals surface area (Å²) in [7, 11) is 0. The molecule has 1 N–H and O–H groups in total. The number of hydrogen-bond donors (Lipinski definition) is 1. The third kappa shape index (κ3) is 2.04. The summed E-state index contributed by atoms with van der Waals surface area (Å²) < 4.78 is 12.8. The van der Waals surface area contributed by atoms with Gasteiger partial charge in [0.1, 0.15) is 5.82 Å². The second kappa shape index (κ2) is 3.83. The zero-order valence-electron chi connectivity index (χ0n) is 7.46. The van der Waals surface area contributed by atoms with Gasteiger partial charge >= 0.3 is 0 Å². The Morgan fingerprint density at radius 2 is 2.38 bits per heavy atom. The average Bonchev–Trinajstić information content (AvgIpc) is 2.19. The van der Waals surface area contributed by atoms with Crippen LogP contribution < -0.4 is 5.32 Å². The largest absolute Gasteiger partial charge is 0.316 e. The van der Waals surface area contributed by atoms with Gasteiger partial charge in [-0.1, -0.05) is 0 Å². The van der Waals surface area contributed by atoms with Crippen LogP contribution in [0.25, 0.3) is 0 Å². The SMILES string of the molecule is Fc1cncc(C2CCCNC2)c1. The van der Waals surface area contributed by atoms with E-state index >= 15 is 0 Å². The standard InChI is InChI=1S/C10H13FN2/c11-10-4-9(6-13-7-10)8-2-1-3-12-5-8/h4,6-8,12H,1-3,5H2. The summed E-state index contributed by atoms with van der Waals surface area (Å²) >= 11 is 0. The lowest BCUT2D eigenvalue weighted by Gasteiger charge is -2.22. The van der Waals surface area contributed by atoms with E-state index in [2.05, 4.69) is 10.3 Å². The van der Waals surface area contributed by atoms with E-state index < -0.39 is 0 Å². The van der Waals surface area contributed by atoms with Crippen molar-refractivity contribution in [2.75, 3.05) is 13.1 Å². The van der Waals surface area contributed by atoms with Gasteiger partial charge in [0.05, 0.1) is 6.20 Å². The normalized spacial score (nSPS) is 23.0. The number of rotatable bonds is 1. The second-order valence-electron chi connectivity index (χ2n) is 3.48. The van der Waals surface area contributed by atoms with Gasteiger partial charge in [0.2, 0.25) is 0 Å². The van der Waals surface area contributed by atoms with Crippen LogP contribution in [-0.4, -0.2) is 18.1 Å². The van der Waals surface area contributed by atoms with E-state index in [0.29, 0.717) is 5.92 Å². The molecule has 1 aliphatic heterocycles. The lowest BCUT2D eigenvalue weighted by atomic mass is 9.93. The molecule has 1 unspecified atom stereocenters. The zero-order valence-corrected chi connectivity index (χ0v) is 7.46. The molecule has 0 saturated carbocycles. The van der Waals surface area contributed by atoms with Gasteiger partial charge in [-0.25, -0.2) is 4.39 Å². The fourth-order valence-electron chi connectivity index (χ4n) is 1.79.